The summed E-state index contributed by atoms with van der Waals surface area (Å²) in [5.74, 6) is -0.159. The molecule has 0 atom stereocenters. The first-order valence-corrected chi connectivity index (χ1v) is 11.0. The number of benzene rings is 2. The molecule has 2 nitrogen and oxygen atoms in total. The van der Waals surface area contributed by atoms with Crippen LogP contribution < -0.4 is 0 Å². The summed E-state index contributed by atoms with van der Waals surface area (Å²) in [5.41, 5.74) is 3.22. The molecule has 0 saturated carbocycles. The van der Waals surface area contributed by atoms with Crippen molar-refractivity contribution < 1.29 is 9.59 Å². The van der Waals surface area contributed by atoms with Gasteiger partial charge in [0.15, 0.2) is 11.6 Å². The third kappa shape index (κ3) is 4.69. The summed E-state index contributed by atoms with van der Waals surface area (Å²) < 4.78 is 0. The predicted octanol–water partition coefficient (Wildman–Crippen LogP) is 6.49. The minimum atomic E-state index is -0.0794. The third-order valence-corrected chi connectivity index (χ3v) is 7.47. The molecule has 0 aliphatic carbocycles. The second-order valence-corrected chi connectivity index (χ2v) is 9.25. The molecule has 0 aromatic heterocycles. The number of hydrogen-bond donors (Lipinski definition) is 0. The number of ketones is 2. The van der Waals surface area contributed by atoms with Gasteiger partial charge >= 0.3 is 0 Å². The number of carbonyl (C=O) groups is 2. The lowest BCUT2D eigenvalue weighted by molar-refractivity contribution is 0.103. The van der Waals surface area contributed by atoms with E-state index in [0.29, 0.717) is 11.1 Å². The van der Waals surface area contributed by atoms with E-state index < -0.39 is 0 Å². The molecular formula is C20H18O2S3. The van der Waals surface area contributed by atoms with Crippen molar-refractivity contribution in [2.45, 2.75) is 23.6 Å². The predicted molar refractivity (Wildman–Crippen MR) is 111 cm³/mol. The number of hydrogen-bond acceptors (Lipinski definition) is 5. The average molecular weight is 387 g/mol. The number of aryl methyl sites for hydroxylation is 2. The molecule has 0 unspecified atom stereocenters. The van der Waals surface area contributed by atoms with Crippen LogP contribution in [-0.2, 0) is 0 Å². The van der Waals surface area contributed by atoms with Crippen molar-refractivity contribution in [2.75, 3.05) is 0 Å². The van der Waals surface area contributed by atoms with E-state index in [2.05, 4.69) is 13.2 Å². The molecular weight excluding hydrogens is 368 g/mol. The molecule has 0 amide bonds. The molecule has 0 N–H and O–H groups in total. The lowest BCUT2D eigenvalue weighted by Gasteiger charge is -2.11. The number of rotatable bonds is 8. The first-order valence-electron chi connectivity index (χ1n) is 7.53. The highest BCUT2D eigenvalue weighted by molar-refractivity contribution is 9.09. The fraction of sp³-hybridized carbons (Fsp3) is 0.100. The Morgan fingerprint density at radius 2 is 1.20 bits per heavy atom. The van der Waals surface area contributed by atoms with Gasteiger partial charge in [0.25, 0.3) is 0 Å². The quantitative estimate of drug-likeness (QED) is 0.294. The maximum Gasteiger partial charge on any atom is 0.186 e. The summed E-state index contributed by atoms with van der Waals surface area (Å²) in [6.45, 7) is 11.0. The van der Waals surface area contributed by atoms with Crippen LogP contribution in [0, 0.1) is 13.8 Å². The Balaban J connectivity index is 2.20. The lowest BCUT2D eigenvalue weighted by Crippen LogP contribution is -2.00. The van der Waals surface area contributed by atoms with Gasteiger partial charge in [-0.3, -0.25) is 9.59 Å². The van der Waals surface area contributed by atoms with E-state index in [1.165, 1.54) is 43.6 Å². The van der Waals surface area contributed by atoms with Crippen LogP contribution >= 0.6 is 31.4 Å². The highest BCUT2D eigenvalue weighted by Gasteiger charge is 2.15. The maximum absolute atomic E-state index is 12.1. The standard InChI is InChI=1S/C20H18O2S3/c1-5-15(21)19-13(3)9-7-11-17(19)23-25-24-18-12-8-10-14(4)20(18)16(22)6-2/h5-12H,1-2H2,3-4H3. The Bertz CT molecular complexity index is 771. The van der Waals surface area contributed by atoms with Crippen LogP contribution in [0.3, 0.4) is 0 Å². The molecule has 2 aromatic rings. The van der Waals surface area contributed by atoms with Gasteiger partial charge in [-0.25, -0.2) is 0 Å². The molecule has 128 valence electrons. The summed E-state index contributed by atoms with van der Waals surface area (Å²) in [4.78, 5) is 26.0. The first kappa shape index (κ1) is 19.6. The zero-order valence-corrected chi connectivity index (χ0v) is 16.5. The van der Waals surface area contributed by atoms with E-state index >= 15 is 0 Å². The molecule has 0 aliphatic heterocycles. The van der Waals surface area contributed by atoms with E-state index in [4.69, 9.17) is 0 Å². The van der Waals surface area contributed by atoms with Crippen molar-refractivity contribution in [3.63, 3.8) is 0 Å². The molecule has 0 aliphatic rings. The monoisotopic (exact) mass is 386 g/mol. The second kappa shape index (κ2) is 9.13. The SMILES string of the molecule is C=CC(=O)c1c(C)cccc1SSSc1cccc(C)c1C(=O)C=C. The average Bonchev–Trinajstić information content (AvgIpc) is 2.61. The number of allylic oxidation sites excluding steroid dienone is 2. The maximum atomic E-state index is 12.1. The lowest BCUT2D eigenvalue weighted by atomic mass is 10.1. The molecule has 5 heteroatoms. The van der Waals surface area contributed by atoms with Gasteiger partial charge in [0.2, 0.25) is 0 Å². The van der Waals surface area contributed by atoms with Crippen molar-refractivity contribution >= 4 is 43.0 Å². The summed E-state index contributed by atoms with van der Waals surface area (Å²) in [6.07, 6.45) is 2.68. The van der Waals surface area contributed by atoms with Gasteiger partial charge in [0.1, 0.15) is 0 Å². The molecule has 0 bridgehead atoms. The summed E-state index contributed by atoms with van der Waals surface area (Å²) in [5, 5.41) is 0. The van der Waals surface area contributed by atoms with Crippen molar-refractivity contribution in [1.82, 2.24) is 0 Å². The molecule has 0 radical (unpaired) electrons. The van der Waals surface area contributed by atoms with Gasteiger partial charge in [-0.15, -0.1) is 0 Å². The first-order chi connectivity index (χ1) is 12.0. The second-order valence-electron chi connectivity index (χ2n) is 5.27. The van der Waals surface area contributed by atoms with Crippen molar-refractivity contribution in [3.8, 4) is 0 Å². The van der Waals surface area contributed by atoms with E-state index in [1.54, 1.807) is 0 Å². The minimum Gasteiger partial charge on any atom is -0.289 e. The van der Waals surface area contributed by atoms with Crippen LogP contribution in [0.25, 0.3) is 0 Å². The van der Waals surface area contributed by atoms with Gasteiger partial charge in [-0.1, -0.05) is 37.4 Å². The van der Waals surface area contributed by atoms with Gasteiger partial charge in [-0.2, -0.15) is 0 Å². The summed E-state index contributed by atoms with van der Waals surface area (Å²) in [6, 6.07) is 11.5. The molecule has 25 heavy (non-hydrogen) atoms. The van der Waals surface area contributed by atoms with Crippen molar-refractivity contribution in [3.05, 3.63) is 84.0 Å². The normalized spacial score (nSPS) is 10.3. The van der Waals surface area contributed by atoms with Gasteiger partial charge in [0.05, 0.1) is 0 Å². The van der Waals surface area contributed by atoms with E-state index in [1.807, 2.05) is 50.2 Å². The highest BCUT2D eigenvalue weighted by atomic mass is 33.5. The molecule has 2 aromatic carbocycles. The van der Waals surface area contributed by atoms with Gasteiger partial charge in [0, 0.05) is 20.9 Å². The van der Waals surface area contributed by atoms with E-state index in [-0.39, 0.29) is 11.6 Å². The van der Waals surface area contributed by atoms with Crippen LogP contribution in [0.5, 0.6) is 0 Å². The van der Waals surface area contributed by atoms with Gasteiger partial charge in [-0.05, 0) is 80.7 Å². The topological polar surface area (TPSA) is 34.1 Å². The number of carbonyl (C=O) groups excluding carboxylic acids is 2. The smallest absolute Gasteiger partial charge is 0.186 e. The molecule has 0 heterocycles. The zero-order valence-electron chi connectivity index (χ0n) is 14.1. The van der Waals surface area contributed by atoms with E-state index in [0.717, 1.165) is 20.9 Å². The fourth-order valence-electron chi connectivity index (χ4n) is 2.35. The summed E-state index contributed by atoms with van der Waals surface area (Å²) >= 11 is 0. The molecule has 0 fully saturated rings. The molecule has 0 spiro atoms. The Morgan fingerprint density at radius 3 is 1.56 bits per heavy atom. The van der Waals surface area contributed by atoms with Crippen molar-refractivity contribution in [2.24, 2.45) is 0 Å². The van der Waals surface area contributed by atoms with Crippen LogP contribution in [0.15, 0.2) is 71.5 Å². The van der Waals surface area contributed by atoms with Crippen LogP contribution in [0.4, 0.5) is 0 Å². The Labute approximate surface area is 160 Å². The molecule has 0 saturated heterocycles. The highest BCUT2D eigenvalue weighted by Crippen LogP contribution is 2.47. The minimum absolute atomic E-state index is 0.0794. The van der Waals surface area contributed by atoms with Gasteiger partial charge < -0.3 is 0 Å². The van der Waals surface area contributed by atoms with Crippen LogP contribution in [-0.4, -0.2) is 11.6 Å². The fourth-order valence-corrected chi connectivity index (χ4v) is 6.49. The Morgan fingerprint density at radius 1 is 0.800 bits per heavy atom. The van der Waals surface area contributed by atoms with E-state index in [9.17, 15) is 9.59 Å². The third-order valence-electron chi connectivity index (χ3n) is 3.58. The largest absolute Gasteiger partial charge is 0.289 e. The molecule has 2 rings (SSSR count). The Kier molecular flexibility index (Phi) is 7.17. The van der Waals surface area contributed by atoms with Crippen molar-refractivity contribution in [1.29, 1.82) is 0 Å². The van der Waals surface area contributed by atoms with Crippen LogP contribution in [0.1, 0.15) is 31.8 Å². The zero-order chi connectivity index (χ0) is 18.4. The Hall–Kier alpha value is -1.69. The summed E-state index contributed by atoms with van der Waals surface area (Å²) in [7, 11) is 4.54. The van der Waals surface area contributed by atoms with Crippen LogP contribution in [0.2, 0.25) is 0 Å².